The number of ether oxygens (including phenoxy) is 3. The molecule has 9 heteroatoms. The molecule has 0 aromatic carbocycles. The Labute approximate surface area is 183 Å². The van der Waals surface area contributed by atoms with E-state index in [-0.39, 0.29) is 18.4 Å². The molecule has 1 aromatic rings. The molecule has 1 aliphatic rings. The second-order valence-corrected chi connectivity index (χ2v) is 9.80. The summed E-state index contributed by atoms with van der Waals surface area (Å²) in [6.07, 6.45) is 3.49. The van der Waals surface area contributed by atoms with Gasteiger partial charge in [-0.1, -0.05) is 0 Å². The van der Waals surface area contributed by atoms with Crippen LogP contribution in [0.4, 0.5) is 9.59 Å². The second kappa shape index (κ2) is 9.28. The summed E-state index contributed by atoms with van der Waals surface area (Å²) < 4.78 is 16.0. The first-order chi connectivity index (χ1) is 14.3. The number of nitrogens with zero attached hydrogens (tertiary/aromatic N) is 2. The third kappa shape index (κ3) is 6.45. The smallest absolute Gasteiger partial charge is 0.419 e. The van der Waals surface area contributed by atoms with Gasteiger partial charge in [0.05, 0.1) is 18.6 Å². The highest BCUT2D eigenvalue weighted by atomic mass is 16.6. The molecule has 174 valence electrons. The van der Waals surface area contributed by atoms with E-state index in [2.05, 4.69) is 9.97 Å². The Morgan fingerprint density at radius 2 is 1.71 bits per heavy atom. The van der Waals surface area contributed by atoms with Crippen LogP contribution >= 0.6 is 0 Å². The van der Waals surface area contributed by atoms with Crippen molar-refractivity contribution in [3.63, 3.8) is 0 Å². The Hall–Kier alpha value is -2.58. The van der Waals surface area contributed by atoms with Gasteiger partial charge in [0.15, 0.2) is 0 Å². The fourth-order valence-electron chi connectivity index (χ4n) is 3.50. The van der Waals surface area contributed by atoms with E-state index in [0.717, 1.165) is 4.90 Å². The van der Waals surface area contributed by atoms with Crippen molar-refractivity contribution in [1.82, 2.24) is 14.9 Å². The van der Waals surface area contributed by atoms with E-state index in [1.165, 1.54) is 0 Å². The summed E-state index contributed by atoms with van der Waals surface area (Å²) in [5.41, 5.74) is -1.59. The topological polar surface area (TPSA) is 111 Å². The summed E-state index contributed by atoms with van der Waals surface area (Å²) in [6.45, 7) is 12.6. The number of esters is 1. The van der Waals surface area contributed by atoms with Gasteiger partial charge >= 0.3 is 18.2 Å². The molecule has 2 rings (SSSR count). The molecule has 1 fully saturated rings. The molecule has 0 saturated heterocycles. The van der Waals surface area contributed by atoms with Gasteiger partial charge in [-0.15, -0.1) is 0 Å². The van der Waals surface area contributed by atoms with Crippen molar-refractivity contribution >= 4 is 18.2 Å². The summed E-state index contributed by atoms with van der Waals surface area (Å²) in [4.78, 5) is 46.0. The van der Waals surface area contributed by atoms with E-state index in [1.54, 1.807) is 61.0 Å². The minimum absolute atomic E-state index is 0.0222. The Kier molecular flexibility index (Phi) is 7.39. The largest absolute Gasteiger partial charge is 0.465 e. The van der Waals surface area contributed by atoms with Gasteiger partial charge in [-0.2, -0.15) is 0 Å². The van der Waals surface area contributed by atoms with Gasteiger partial charge in [0.25, 0.3) is 0 Å². The maximum absolute atomic E-state index is 12.6. The van der Waals surface area contributed by atoms with Gasteiger partial charge in [0, 0.05) is 12.7 Å². The standard InChI is InChI=1S/C22H35N3O6/c1-8-29-17(26)22(16-13-23-14-24-16)12-15(22)10-9-11-25(18(27)30-20(2,3)4)19(28)31-21(5,6)7/h13-15H,8-12H2,1-7H3,(H,23,24). The van der Waals surface area contributed by atoms with Crippen molar-refractivity contribution in [3.8, 4) is 0 Å². The lowest BCUT2D eigenvalue weighted by molar-refractivity contribution is -0.146. The molecule has 0 spiro atoms. The predicted molar refractivity (Wildman–Crippen MR) is 113 cm³/mol. The molecule has 2 amide bonds. The first-order valence-corrected chi connectivity index (χ1v) is 10.7. The lowest BCUT2D eigenvalue weighted by Gasteiger charge is -2.28. The number of aromatic amines is 1. The van der Waals surface area contributed by atoms with E-state index >= 15 is 0 Å². The maximum atomic E-state index is 12.6. The molecule has 1 aliphatic carbocycles. The summed E-state index contributed by atoms with van der Waals surface area (Å²) in [6, 6.07) is 0. The van der Waals surface area contributed by atoms with Crippen LogP contribution < -0.4 is 0 Å². The second-order valence-electron chi connectivity index (χ2n) is 9.80. The fourth-order valence-corrected chi connectivity index (χ4v) is 3.50. The van der Waals surface area contributed by atoms with Crippen LogP contribution in [-0.2, 0) is 24.4 Å². The quantitative estimate of drug-likeness (QED) is 0.503. The van der Waals surface area contributed by atoms with Gasteiger partial charge in [-0.25, -0.2) is 19.5 Å². The van der Waals surface area contributed by atoms with Gasteiger partial charge in [-0.3, -0.25) is 4.79 Å². The van der Waals surface area contributed by atoms with Crippen LogP contribution in [0.3, 0.4) is 0 Å². The number of aromatic nitrogens is 2. The Morgan fingerprint density at radius 1 is 1.13 bits per heavy atom. The minimum Gasteiger partial charge on any atom is -0.465 e. The third-order valence-electron chi connectivity index (χ3n) is 4.86. The van der Waals surface area contributed by atoms with Gasteiger partial charge in [-0.05, 0) is 73.6 Å². The molecule has 0 bridgehead atoms. The zero-order valence-electron chi connectivity index (χ0n) is 19.6. The molecular weight excluding hydrogens is 402 g/mol. The van der Waals surface area contributed by atoms with Crippen molar-refractivity contribution < 1.29 is 28.6 Å². The maximum Gasteiger partial charge on any atom is 0.419 e. The number of imidazole rings is 1. The van der Waals surface area contributed by atoms with Crippen LogP contribution in [0, 0.1) is 5.92 Å². The predicted octanol–water partition coefficient (Wildman–Crippen LogP) is 4.18. The van der Waals surface area contributed by atoms with E-state index in [4.69, 9.17) is 14.2 Å². The lowest BCUT2D eigenvalue weighted by Crippen LogP contribution is -2.44. The molecule has 1 aromatic heterocycles. The number of imide groups is 1. The first kappa shape index (κ1) is 24.7. The number of carbonyl (C=O) groups excluding carboxylic acids is 3. The lowest BCUT2D eigenvalue weighted by atomic mass is 9.97. The molecule has 1 heterocycles. The minimum atomic E-state index is -0.765. The van der Waals surface area contributed by atoms with Crippen LogP contribution in [0.15, 0.2) is 12.5 Å². The monoisotopic (exact) mass is 437 g/mol. The highest BCUT2D eigenvalue weighted by Crippen LogP contribution is 2.56. The fraction of sp³-hybridized carbons (Fsp3) is 0.727. The molecule has 1 N–H and O–H groups in total. The van der Waals surface area contributed by atoms with E-state index < -0.39 is 28.8 Å². The van der Waals surface area contributed by atoms with E-state index in [0.29, 0.717) is 31.6 Å². The van der Waals surface area contributed by atoms with E-state index in [9.17, 15) is 14.4 Å². The van der Waals surface area contributed by atoms with Crippen molar-refractivity contribution in [3.05, 3.63) is 18.2 Å². The molecule has 1 saturated carbocycles. The number of hydrogen-bond acceptors (Lipinski definition) is 7. The third-order valence-corrected chi connectivity index (χ3v) is 4.86. The number of amides is 2. The average molecular weight is 438 g/mol. The van der Waals surface area contributed by atoms with Crippen LogP contribution in [-0.4, -0.2) is 57.4 Å². The van der Waals surface area contributed by atoms with E-state index in [1.807, 2.05) is 0 Å². The highest BCUT2D eigenvalue weighted by Gasteiger charge is 2.63. The molecule has 2 unspecified atom stereocenters. The SMILES string of the molecule is CCOC(=O)C1(c2c[nH]cn2)CC1CCCN(C(=O)OC(C)(C)C)C(=O)OC(C)(C)C. The van der Waals surface area contributed by atoms with Crippen molar-refractivity contribution in [2.75, 3.05) is 13.2 Å². The van der Waals surface area contributed by atoms with Gasteiger partial charge in [0.1, 0.15) is 16.6 Å². The van der Waals surface area contributed by atoms with Crippen LogP contribution in [0.1, 0.15) is 73.4 Å². The number of H-pyrrole nitrogens is 1. The molecule has 2 atom stereocenters. The Morgan fingerprint density at radius 3 is 2.16 bits per heavy atom. The molecule has 9 nitrogen and oxygen atoms in total. The zero-order chi connectivity index (χ0) is 23.4. The zero-order valence-corrected chi connectivity index (χ0v) is 19.6. The van der Waals surface area contributed by atoms with Crippen LogP contribution in [0.5, 0.6) is 0 Å². The first-order valence-electron chi connectivity index (χ1n) is 10.7. The van der Waals surface area contributed by atoms with Crippen molar-refractivity contribution in [1.29, 1.82) is 0 Å². The molecular formula is C22H35N3O6. The van der Waals surface area contributed by atoms with Crippen LogP contribution in [0.2, 0.25) is 0 Å². The Balaban J connectivity index is 2.05. The van der Waals surface area contributed by atoms with Crippen molar-refractivity contribution in [2.24, 2.45) is 5.92 Å². The molecule has 0 aliphatic heterocycles. The molecule has 31 heavy (non-hydrogen) atoms. The summed E-state index contributed by atoms with van der Waals surface area (Å²) >= 11 is 0. The number of nitrogens with one attached hydrogen (secondary N) is 1. The number of rotatable bonds is 7. The van der Waals surface area contributed by atoms with Gasteiger partial charge in [0.2, 0.25) is 0 Å². The summed E-state index contributed by atoms with van der Waals surface area (Å²) in [7, 11) is 0. The van der Waals surface area contributed by atoms with Crippen LogP contribution in [0.25, 0.3) is 0 Å². The highest BCUT2D eigenvalue weighted by molar-refractivity contribution is 5.88. The number of hydrogen-bond donors (Lipinski definition) is 1. The number of carbonyl (C=O) groups is 3. The summed E-state index contributed by atoms with van der Waals surface area (Å²) in [5, 5.41) is 0. The van der Waals surface area contributed by atoms with Gasteiger partial charge < -0.3 is 19.2 Å². The Bertz CT molecular complexity index is 750. The average Bonchev–Trinajstić information content (AvgIpc) is 3.06. The van der Waals surface area contributed by atoms with Crippen molar-refractivity contribution in [2.45, 2.75) is 84.3 Å². The summed E-state index contributed by atoms with van der Waals surface area (Å²) in [5.74, 6) is -0.266. The molecule has 0 radical (unpaired) electrons. The normalized spacial score (nSPS) is 20.7.